The highest BCUT2D eigenvalue weighted by Gasteiger charge is 2.46. The van der Waals surface area contributed by atoms with E-state index in [1.54, 1.807) is 18.2 Å². The summed E-state index contributed by atoms with van der Waals surface area (Å²) in [5.41, 5.74) is 1.47. The smallest absolute Gasteiger partial charge is 0.178 e. The van der Waals surface area contributed by atoms with Gasteiger partial charge in [0.1, 0.15) is 5.82 Å². The van der Waals surface area contributed by atoms with Crippen LogP contribution in [-0.4, -0.2) is 20.7 Å². The fraction of sp³-hybridized carbons (Fsp3) is 0.368. The molecule has 0 bridgehead atoms. The van der Waals surface area contributed by atoms with Gasteiger partial charge >= 0.3 is 0 Å². The van der Waals surface area contributed by atoms with Crippen molar-refractivity contribution in [2.24, 2.45) is 0 Å². The Kier molecular flexibility index (Phi) is 3.73. The lowest BCUT2D eigenvalue weighted by Gasteiger charge is -2.28. The Morgan fingerprint density at radius 3 is 2.54 bits per heavy atom. The molecule has 0 unspecified atom stereocenters. The van der Waals surface area contributed by atoms with E-state index in [0.29, 0.717) is 17.9 Å². The van der Waals surface area contributed by atoms with Crippen molar-refractivity contribution in [1.29, 1.82) is 0 Å². The van der Waals surface area contributed by atoms with E-state index in [0.717, 1.165) is 24.0 Å². The SMILES string of the molecule is O=S1(=O)CC[C@H](NCC2(c3ccccc3F)CC2)c2ccccc21. The number of sulfone groups is 1. The van der Waals surface area contributed by atoms with Crippen molar-refractivity contribution in [3.8, 4) is 0 Å². The van der Waals surface area contributed by atoms with Gasteiger partial charge in [-0.3, -0.25) is 0 Å². The molecule has 1 saturated carbocycles. The molecule has 2 aliphatic rings. The Bertz CT molecular complexity index is 874. The third kappa shape index (κ3) is 2.66. The molecule has 0 aromatic heterocycles. The average Bonchev–Trinajstić information content (AvgIpc) is 3.36. The molecule has 2 aromatic carbocycles. The Labute approximate surface area is 141 Å². The van der Waals surface area contributed by atoms with E-state index in [4.69, 9.17) is 0 Å². The second kappa shape index (κ2) is 5.67. The normalized spacial score (nSPS) is 23.5. The summed E-state index contributed by atoms with van der Waals surface area (Å²) in [4.78, 5) is 0.435. The highest BCUT2D eigenvalue weighted by atomic mass is 32.2. The first kappa shape index (κ1) is 15.8. The summed E-state index contributed by atoms with van der Waals surface area (Å²) in [6, 6.07) is 14.2. The van der Waals surface area contributed by atoms with Gasteiger partial charge in [-0.1, -0.05) is 36.4 Å². The second-order valence-corrected chi connectivity index (χ2v) is 8.92. The lowest BCUT2D eigenvalue weighted by atomic mass is 9.94. The number of hydrogen-bond acceptors (Lipinski definition) is 3. The van der Waals surface area contributed by atoms with Crippen LogP contribution in [-0.2, 0) is 15.3 Å². The molecule has 126 valence electrons. The number of hydrogen-bond donors (Lipinski definition) is 1. The Morgan fingerprint density at radius 1 is 1.08 bits per heavy atom. The Balaban J connectivity index is 1.56. The number of fused-ring (bicyclic) bond motifs is 1. The van der Waals surface area contributed by atoms with Gasteiger partial charge in [0.2, 0.25) is 0 Å². The first-order valence-electron chi connectivity index (χ1n) is 8.32. The van der Waals surface area contributed by atoms with Gasteiger partial charge in [0.05, 0.1) is 10.6 Å². The van der Waals surface area contributed by atoms with Gasteiger partial charge in [0.25, 0.3) is 0 Å². The summed E-state index contributed by atoms with van der Waals surface area (Å²) in [5.74, 6) is 0.0115. The van der Waals surface area contributed by atoms with Crippen molar-refractivity contribution in [3.63, 3.8) is 0 Å². The fourth-order valence-electron chi connectivity index (χ4n) is 3.70. The van der Waals surface area contributed by atoms with Crippen molar-refractivity contribution < 1.29 is 12.8 Å². The van der Waals surface area contributed by atoms with Crippen LogP contribution in [0.1, 0.15) is 36.4 Å². The third-order valence-electron chi connectivity index (χ3n) is 5.29. The molecule has 5 heteroatoms. The Morgan fingerprint density at radius 2 is 1.79 bits per heavy atom. The molecule has 3 nitrogen and oxygen atoms in total. The van der Waals surface area contributed by atoms with Crippen LogP contribution in [0, 0.1) is 5.82 Å². The molecule has 2 aromatic rings. The largest absolute Gasteiger partial charge is 0.309 e. The molecule has 0 saturated heterocycles. The van der Waals surface area contributed by atoms with Gasteiger partial charge in [-0.25, -0.2) is 12.8 Å². The van der Waals surface area contributed by atoms with Crippen LogP contribution in [0.2, 0.25) is 0 Å². The van der Waals surface area contributed by atoms with E-state index in [2.05, 4.69) is 5.32 Å². The minimum atomic E-state index is -3.17. The molecular weight excluding hydrogens is 325 g/mol. The molecule has 24 heavy (non-hydrogen) atoms. The van der Waals surface area contributed by atoms with Crippen LogP contribution in [0.3, 0.4) is 0 Å². The first-order valence-corrected chi connectivity index (χ1v) is 9.97. The van der Waals surface area contributed by atoms with Gasteiger partial charge in [-0.15, -0.1) is 0 Å². The fourth-order valence-corrected chi connectivity index (χ4v) is 5.33. The van der Waals surface area contributed by atoms with Crippen LogP contribution in [0.25, 0.3) is 0 Å². The maximum Gasteiger partial charge on any atom is 0.178 e. The highest BCUT2D eigenvalue weighted by molar-refractivity contribution is 7.91. The second-order valence-electron chi connectivity index (χ2n) is 6.84. The number of benzene rings is 2. The molecule has 0 radical (unpaired) electrons. The van der Waals surface area contributed by atoms with Gasteiger partial charge < -0.3 is 5.32 Å². The van der Waals surface area contributed by atoms with Crippen molar-refractivity contribution in [2.75, 3.05) is 12.3 Å². The van der Waals surface area contributed by atoms with E-state index in [-0.39, 0.29) is 23.0 Å². The highest BCUT2D eigenvalue weighted by Crippen LogP contribution is 2.49. The van der Waals surface area contributed by atoms with Crippen molar-refractivity contribution in [3.05, 3.63) is 65.5 Å². The summed E-state index contributed by atoms with van der Waals surface area (Å²) in [6.45, 7) is 0.674. The topological polar surface area (TPSA) is 46.2 Å². The predicted molar refractivity (Wildman–Crippen MR) is 91.2 cm³/mol. The Hall–Kier alpha value is -1.72. The van der Waals surface area contributed by atoms with Gasteiger partial charge in [0.15, 0.2) is 9.84 Å². The summed E-state index contributed by atoms with van der Waals surface area (Å²) in [7, 11) is -3.17. The van der Waals surface area contributed by atoms with E-state index < -0.39 is 9.84 Å². The van der Waals surface area contributed by atoms with E-state index >= 15 is 0 Å². The van der Waals surface area contributed by atoms with E-state index in [1.807, 2.05) is 24.3 Å². The third-order valence-corrected chi connectivity index (χ3v) is 7.11. The zero-order valence-corrected chi connectivity index (χ0v) is 14.2. The van der Waals surface area contributed by atoms with Crippen molar-refractivity contribution in [2.45, 2.75) is 35.6 Å². The molecule has 1 heterocycles. The maximum absolute atomic E-state index is 14.1. The van der Waals surface area contributed by atoms with Crippen LogP contribution in [0.4, 0.5) is 4.39 Å². The maximum atomic E-state index is 14.1. The minimum absolute atomic E-state index is 0.00831. The zero-order chi connectivity index (χ0) is 16.8. The van der Waals surface area contributed by atoms with Crippen molar-refractivity contribution >= 4 is 9.84 Å². The number of halogens is 1. The minimum Gasteiger partial charge on any atom is -0.309 e. The zero-order valence-electron chi connectivity index (χ0n) is 13.3. The number of nitrogens with one attached hydrogen (secondary N) is 1. The quantitative estimate of drug-likeness (QED) is 0.924. The summed E-state index contributed by atoms with van der Waals surface area (Å²) in [5, 5.41) is 3.51. The van der Waals surface area contributed by atoms with Crippen LogP contribution in [0.15, 0.2) is 53.4 Å². The van der Waals surface area contributed by atoms with Crippen LogP contribution >= 0.6 is 0 Å². The standard InChI is InChI=1S/C19H20FNO2S/c20-16-7-3-2-6-15(16)19(10-11-19)13-21-17-9-12-24(22,23)18-8-4-1-5-14(17)18/h1-8,17,21H,9-13H2/t17-/m0/s1. The first-order chi connectivity index (χ1) is 11.5. The van der Waals surface area contributed by atoms with Crippen LogP contribution in [0.5, 0.6) is 0 Å². The molecule has 4 rings (SSSR count). The van der Waals surface area contributed by atoms with Crippen LogP contribution < -0.4 is 5.32 Å². The monoisotopic (exact) mass is 345 g/mol. The summed E-state index contributed by atoms with van der Waals surface area (Å²) >= 11 is 0. The van der Waals surface area contributed by atoms with E-state index in [9.17, 15) is 12.8 Å². The lowest BCUT2D eigenvalue weighted by molar-refractivity contribution is 0.450. The molecule has 1 fully saturated rings. The van der Waals surface area contributed by atoms with Crippen molar-refractivity contribution in [1.82, 2.24) is 5.32 Å². The molecule has 1 aliphatic heterocycles. The molecular formula is C19H20FNO2S. The molecule has 0 spiro atoms. The molecule has 1 aliphatic carbocycles. The van der Waals surface area contributed by atoms with Gasteiger partial charge in [-0.05, 0) is 42.5 Å². The average molecular weight is 345 g/mol. The van der Waals surface area contributed by atoms with Gasteiger partial charge in [-0.2, -0.15) is 0 Å². The number of rotatable bonds is 4. The summed E-state index contributed by atoms with van der Waals surface area (Å²) < 4.78 is 38.6. The van der Waals surface area contributed by atoms with Gasteiger partial charge in [0, 0.05) is 18.0 Å². The molecule has 1 atom stereocenters. The molecule has 1 N–H and O–H groups in total. The lowest BCUT2D eigenvalue weighted by Crippen LogP contribution is -2.35. The van der Waals surface area contributed by atoms with E-state index in [1.165, 1.54) is 6.07 Å². The predicted octanol–water partition coefficient (Wildman–Crippen LogP) is 3.37. The summed E-state index contributed by atoms with van der Waals surface area (Å²) in [6.07, 6.45) is 2.49. The molecule has 0 amide bonds.